The smallest absolute Gasteiger partial charge is 0.0409 e. The summed E-state index contributed by atoms with van der Waals surface area (Å²) in [7, 11) is 0. The molecule has 2 heteroatoms. The van der Waals surface area contributed by atoms with Gasteiger partial charge in [-0.25, -0.2) is 0 Å². The summed E-state index contributed by atoms with van der Waals surface area (Å²) in [5.41, 5.74) is 3.69. The Hall–Kier alpha value is -1.47. The zero-order valence-electron chi connectivity index (χ0n) is 10.8. The molecule has 0 fully saturated rings. The summed E-state index contributed by atoms with van der Waals surface area (Å²) >= 11 is 5.95. The van der Waals surface area contributed by atoms with Crippen molar-refractivity contribution in [1.29, 1.82) is 0 Å². The molecule has 0 amide bonds. The van der Waals surface area contributed by atoms with Crippen molar-refractivity contribution < 1.29 is 0 Å². The molecule has 0 radical (unpaired) electrons. The lowest BCUT2D eigenvalue weighted by molar-refractivity contribution is 0.867. The van der Waals surface area contributed by atoms with E-state index in [2.05, 4.69) is 49.5 Å². The van der Waals surface area contributed by atoms with Gasteiger partial charge >= 0.3 is 0 Å². The predicted molar refractivity (Wildman–Crippen MR) is 79.3 cm³/mol. The Kier molecular flexibility index (Phi) is 4.27. The Morgan fingerprint density at radius 3 is 2.39 bits per heavy atom. The summed E-state index contributed by atoms with van der Waals surface area (Å²) < 4.78 is 0. The molecule has 18 heavy (non-hydrogen) atoms. The number of rotatable bonds is 4. The SMILES string of the molecule is CC(C)c1ccc(NCc2cccc(Cl)c2)cc1. The van der Waals surface area contributed by atoms with E-state index in [0.29, 0.717) is 5.92 Å². The van der Waals surface area contributed by atoms with Crippen molar-refractivity contribution in [3.63, 3.8) is 0 Å². The standard InChI is InChI=1S/C16H18ClN/c1-12(2)14-6-8-16(9-7-14)18-11-13-4-3-5-15(17)10-13/h3-10,12,18H,11H2,1-2H3. The highest BCUT2D eigenvalue weighted by molar-refractivity contribution is 6.30. The van der Waals surface area contributed by atoms with Gasteiger partial charge in [0.2, 0.25) is 0 Å². The normalized spacial score (nSPS) is 10.7. The molecule has 1 nitrogen and oxygen atoms in total. The van der Waals surface area contributed by atoms with Crippen molar-refractivity contribution in [1.82, 2.24) is 0 Å². The molecule has 0 aliphatic carbocycles. The van der Waals surface area contributed by atoms with Gasteiger partial charge in [-0.15, -0.1) is 0 Å². The predicted octanol–water partition coefficient (Wildman–Crippen LogP) is 5.08. The molecule has 0 atom stereocenters. The molecular weight excluding hydrogens is 242 g/mol. The van der Waals surface area contributed by atoms with Gasteiger partial charge in [0.1, 0.15) is 0 Å². The van der Waals surface area contributed by atoms with Gasteiger partial charge in [0.05, 0.1) is 0 Å². The van der Waals surface area contributed by atoms with E-state index >= 15 is 0 Å². The van der Waals surface area contributed by atoms with E-state index in [1.165, 1.54) is 11.1 Å². The van der Waals surface area contributed by atoms with Gasteiger partial charge in [-0.2, -0.15) is 0 Å². The second kappa shape index (κ2) is 5.92. The molecule has 0 bridgehead atoms. The summed E-state index contributed by atoms with van der Waals surface area (Å²) in [5, 5.41) is 4.18. The minimum Gasteiger partial charge on any atom is -0.381 e. The van der Waals surface area contributed by atoms with Crippen LogP contribution in [0, 0.1) is 0 Å². The minimum absolute atomic E-state index is 0.576. The summed E-state index contributed by atoms with van der Waals surface area (Å²) in [6, 6.07) is 16.5. The number of nitrogens with one attached hydrogen (secondary N) is 1. The van der Waals surface area contributed by atoms with Gasteiger partial charge in [-0.05, 0) is 41.3 Å². The molecule has 2 rings (SSSR count). The van der Waals surface area contributed by atoms with Crippen molar-refractivity contribution in [2.45, 2.75) is 26.3 Å². The Morgan fingerprint density at radius 1 is 1.06 bits per heavy atom. The van der Waals surface area contributed by atoms with E-state index in [1.54, 1.807) is 0 Å². The monoisotopic (exact) mass is 259 g/mol. The molecule has 0 heterocycles. The van der Waals surface area contributed by atoms with Crippen molar-refractivity contribution in [2.24, 2.45) is 0 Å². The molecule has 0 saturated heterocycles. The first-order valence-corrected chi connectivity index (χ1v) is 6.61. The van der Waals surface area contributed by atoms with Gasteiger partial charge in [0.25, 0.3) is 0 Å². The third-order valence-electron chi connectivity index (χ3n) is 2.96. The molecule has 0 spiro atoms. The zero-order valence-corrected chi connectivity index (χ0v) is 11.5. The molecule has 0 aromatic heterocycles. The van der Waals surface area contributed by atoms with E-state index < -0.39 is 0 Å². The van der Waals surface area contributed by atoms with Crippen LogP contribution >= 0.6 is 11.6 Å². The van der Waals surface area contributed by atoms with Crippen LogP contribution in [0.25, 0.3) is 0 Å². The molecule has 0 saturated carbocycles. The van der Waals surface area contributed by atoms with Crippen molar-refractivity contribution in [3.8, 4) is 0 Å². The molecule has 0 unspecified atom stereocenters. The molecule has 2 aromatic rings. The van der Waals surface area contributed by atoms with Crippen LogP contribution in [0.5, 0.6) is 0 Å². The average Bonchev–Trinajstić information content (AvgIpc) is 2.37. The zero-order chi connectivity index (χ0) is 13.0. The third kappa shape index (κ3) is 3.51. The summed E-state index contributed by atoms with van der Waals surface area (Å²) in [6.07, 6.45) is 0. The van der Waals surface area contributed by atoms with E-state index in [0.717, 1.165) is 17.3 Å². The van der Waals surface area contributed by atoms with Gasteiger partial charge in [0, 0.05) is 17.3 Å². The Balaban J connectivity index is 1.98. The topological polar surface area (TPSA) is 12.0 Å². The van der Waals surface area contributed by atoms with Gasteiger partial charge < -0.3 is 5.32 Å². The van der Waals surface area contributed by atoms with E-state index in [4.69, 9.17) is 11.6 Å². The quantitative estimate of drug-likeness (QED) is 0.808. The van der Waals surface area contributed by atoms with Gasteiger partial charge in [-0.1, -0.05) is 49.7 Å². The largest absolute Gasteiger partial charge is 0.381 e. The fourth-order valence-corrected chi connectivity index (χ4v) is 2.05. The van der Waals surface area contributed by atoms with Crippen LogP contribution in [0.2, 0.25) is 5.02 Å². The molecule has 0 aliphatic rings. The fraction of sp³-hybridized carbons (Fsp3) is 0.250. The maximum Gasteiger partial charge on any atom is 0.0409 e. The van der Waals surface area contributed by atoms with Crippen LogP contribution in [-0.4, -0.2) is 0 Å². The second-order valence-corrected chi connectivity index (χ2v) is 5.20. The maximum atomic E-state index is 5.95. The highest BCUT2D eigenvalue weighted by Gasteiger charge is 1.99. The van der Waals surface area contributed by atoms with Crippen LogP contribution in [0.3, 0.4) is 0 Å². The average molecular weight is 260 g/mol. The Labute approximate surface area is 114 Å². The molecule has 1 N–H and O–H groups in total. The van der Waals surface area contributed by atoms with Crippen molar-refractivity contribution in [3.05, 3.63) is 64.7 Å². The molecule has 94 valence electrons. The number of hydrogen-bond donors (Lipinski definition) is 1. The lowest BCUT2D eigenvalue weighted by Gasteiger charge is -2.09. The summed E-state index contributed by atoms with van der Waals surface area (Å²) in [4.78, 5) is 0. The first-order chi connectivity index (χ1) is 8.65. The lowest BCUT2D eigenvalue weighted by atomic mass is 10.0. The number of anilines is 1. The highest BCUT2D eigenvalue weighted by atomic mass is 35.5. The van der Waals surface area contributed by atoms with E-state index in [9.17, 15) is 0 Å². The highest BCUT2D eigenvalue weighted by Crippen LogP contribution is 2.18. The molecular formula is C16H18ClN. The molecule has 0 aliphatic heterocycles. The van der Waals surface area contributed by atoms with Gasteiger partial charge in [0.15, 0.2) is 0 Å². The van der Waals surface area contributed by atoms with Crippen LogP contribution in [0.15, 0.2) is 48.5 Å². The number of halogens is 1. The first kappa shape index (κ1) is 13.0. The minimum atomic E-state index is 0.576. The lowest BCUT2D eigenvalue weighted by Crippen LogP contribution is -1.99. The Bertz CT molecular complexity index is 503. The molecule has 2 aromatic carbocycles. The Morgan fingerprint density at radius 2 is 1.78 bits per heavy atom. The van der Waals surface area contributed by atoms with E-state index in [1.807, 2.05) is 18.2 Å². The number of benzene rings is 2. The van der Waals surface area contributed by atoms with Crippen LogP contribution in [-0.2, 0) is 6.54 Å². The van der Waals surface area contributed by atoms with Crippen LogP contribution < -0.4 is 5.32 Å². The van der Waals surface area contributed by atoms with Crippen LogP contribution in [0.1, 0.15) is 30.9 Å². The van der Waals surface area contributed by atoms with Crippen molar-refractivity contribution >= 4 is 17.3 Å². The summed E-state index contributed by atoms with van der Waals surface area (Å²) in [5.74, 6) is 0.576. The van der Waals surface area contributed by atoms with Gasteiger partial charge in [-0.3, -0.25) is 0 Å². The van der Waals surface area contributed by atoms with E-state index in [-0.39, 0.29) is 0 Å². The first-order valence-electron chi connectivity index (χ1n) is 6.23. The second-order valence-electron chi connectivity index (χ2n) is 4.76. The van der Waals surface area contributed by atoms with Crippen LogP contribution in [0.4, 0.5) is 5.69 Å². The summed E-state index contributed by atoms with van der Waals surface area (Å²) in [6.45, 7) is 5.20. The van der Waals surface area contributed by atoms with Crippen molar-refractivity contribution in [2.75, 3.05) is 5.32 Å². The maximum absolute atomic E-state index is 5.95. The third-order valence-corrected chi connectivity index (χ3v) is 3.20. The number of hydrogen-bond acceptors (Lipinski definition) is 1. The fourth-order valence-electron chi connectivity index (χ4n) is 1.84.